The maximum atomic E-state index is 10.5. The Labute approximate surface area is 165 Å². The van der Waals surface area contributed by atoms with Crippen LogP contribution in [0.15, 0.2) is 0 Å². The molecule has 0 heterocycles. The Kier molecular flexibility index (Phi) is 20.4. The van der Waals surface area contributed by atoms with Crippen molar-refractivity contribution >= 4 is 47.9 Å². The van der Waals surface area contributed by atoms with Gasteiger partial charge in [0.05, 0.1) is 5.75 Å². The molecular formula is C16H36CaO3S. The van der Waals surface area contributed by atoms with Gasteiger partial charge in [-0.2, -0.15) is 8.42 Å². The van der Waals surface area contributed by atoms with Crippen molar-refractivity contribution in [2.75, 3.05) is 5.75 Å². The van der Waals surface area contributed by atoms with E-state index in [9.17, 15) is 8.42 Å². The van der Waals surface area contributed by atoms with Gasteiger partial charge < -0.3 is 2.85 Å². The third-order valence-electron chi connectivity index (χ3n) is 3.76. The second kappa shape index (κ2) is 17.5. The molecule has 0 aliphatic heterocycles. The van der Waals surface area contributed by atoms with E-state index in [1.165, 1.54) is 70.6 Å². The molecule has 0 aliphatic carbocycles. The Balaban J connectivity index is -0.000000602. The van der Waals surface area contributed by atoms with E-state index in [4.69, 9.17) is 4.55 Å². The second-order valence-corrected chi connectivity index (χ2v) is 7.45. The fraction of sp³-hybridized carbons (Fsp3) is 1.00. The van der Waals surface area contributed by atoms with E-state index in [0.29, 0.717) is 6.42 Å². The fourth-order valence-corrected chi connectivity index (χ4v) is 3.05. The SMILES string of the molecule is CCCCCCCCCCCCCCCCS(=O)(=O)O.[Ca+2].[H-].[H-]. The molecule has 0 aromatic rings. The van der Waals surface area contributed by atoms with Gasteiger partial charge in [0.15, 0.2) is 0 Å². The largest absolute Gasteiger partial charge is 2.00 e. The molecule has 3 nitrogen and oxygen atoms in total. The van der Waals surface area contributed by atoms with Crippen LogP contribution in [0.5, 0.6) is 0 Å². The van der Waals surface area contributed by atoms with Crippen LogP contribution in [0.1, 0.15) is 99.7 Å². The average Bonchev–Trinajstić information content (AvgIpc) is 2.38. The summed E-state index contributed by atoms with van der Waals surface area (Å²) in [5.74, 6) is -0.0783. The summed E-state index contributed by atoms with van der Waals surface area (Å²) >= 11 is 0. The fourth-order valence-electron chi connectivity index (χ4n) is 2.48. The smallest absolute Gasteiger partial charge is 1.00 e. The van der Waals surface area contributed by atoms with Gasteiger partial charge in [0.1, 0.15) is 0 Å². The molecule has 21 heavy (non-hydrogen) atoms. The zero-order chi connectivity index (χ0) is 15.1. The van der Waals surface area contributed by atoms with Gasteiger partial charge in [-0.05, 0) is 6.42 Å². The summed E-state index contributed by atoms with van der Waals surface area (Å²) < 4.78 is 29.6. The summed E-state index contributed by atoms with van der Waals surface area (Å²) in [5, 5.41) is 0. The number of hydrogen-bond donors (Lipinski definition) is 1. The summed E-state index contributed by atoms with van der Waals surface area (Å²) in [6.07, 6.45) is 17.4. The quantitative estimate of drug-likeness (QED) is 0.251. The third-order valence-corrected chi connectivity index (χ3v) is 4.56. The van der Waals surface area contributed by atoms with Gasteiger partial charge in [0.25, 0.3) is 10.1 Å². The van der Waals surface area contributed by atoms with Crippen LogP contribution in [-0.2, 0) is 10.1 Å². The van der Waals surface area contributed by atoms with Crippen molar-refractivity contribution in [1.82, 2.24) is 0 Å². The van der Waals surface area contributed by atoms with Gasteiger partial charge in [-0.3, -0.25) is 4.55 Å². The van der Waals surface area contributed by atoms with Gasteiger partial charge in [-0.25, -0.2) is 0 Å². The summed E-state index contributed by atoms with van der Waals surface area (Å²) in [7, 11) is -3.74. The van der Waals surface area contributed by atoms with Crippen LogP contribution in [0.2, 0.25) is 0 Å². The molecule has 0 aliphatic rings. The van der Waals surface area contributed by atoms with Crippen LogP contribution in [0.25, 0.3) is 0 Å². The minimum absolute atomic E-state index is 0. The first-order valence-electron chi connectivity index (χ1n) is 8.51. The van der Waals surface area contributed by atoms with Crippen LogP contribution in [0, 0.1) is 0 Å². The maximum absolute atomic E-state index is 10.5. The molecule has 0 unspecified atom stereocenters. The molecular weight excluding hydrogens is 312 g/mol. The van der Waals surface area contributed by atoms with Crippen molar-refractivity contribution in [2.24, 2.45) is 0 Å². The van der Waals surface area contributed by atoms with Gasteiger partial charge in [0.2, 0.25) is 0 Å². The predicted molar refractivity (Wildman–Crippen MR) is 94.7 cm³/mol. The number of rotatable bonds is 15. The molecule has 0 saturated heterocycles. The molecule has 0 bridgehead atoms. The minimum atomic E-state index is -3.74. The zero-order valence-electron chi connectivity index (χ0n) is 16.0. The number of unbranched alkanes of at least 4 members (excludes halogenated alkanes) is 13. The van der Waals surface area contributed by atoms with Crippen LogP contribution < -0.4 is 0 Å². The number of hydrogen-bond acceptors (Lipinski definition) is 2. The predicted octanol–water partition coefficient (Wildman–Crippen LogP) is 5.20. The van der Waals surface area contributed by atoms with Crippen molar-refractivity contribution in [2.45, 2.75) is 96.8 Å². The molecule has 0 amide bonds. The van der Waals surface area contributed by atoms with Crippen molar-refractivity contribution in [3.63, 3.8) is 0 Å². The molecule has 0 aromatic heterocycles. The first kappa shape index (κ1) is 24.4. The molecule has 0 aromatic carbocycles. The molecule has 0 atom stereocenters. The van der Waals surface area contributed by atoms with E-state index in [2.05, 4.69) is 6.92 Å². The Morgan fingerprint density at radius 2 is 0.952 bits per heavy atom. The first-order chi connectivity index (χ1) is 9.56. The maximum Gasteiger partial charge on any atom is 2.00 e. The summed E-state index contributed by atoms with van der Waals surface area (Å²) in [5.41, 5.74) is 0. The molecule has 0 fully saturated rings. The van der Waals surface area contributed by atoms with Crippen LogP contribution in [-0.4, -0.2) is 56.5 Å². The molecule has 0 saturated carbocycles. The van der Waals surface area contributed by atoms with E-state index in [1.54, 1.807) is 0 Å². The monoisotopic (exact) mass is 348 g/mol. The van der Waals surface area contributed by atoms with E-state index in [1.807, 2.05) is 0 Å². The van der Waals surface area contributed by atoms with E-state index in [-0.39, 0.29) is 46.3 Å². The third kappa shape index (κ3) is 23.6. The minimum Gasteiger partial charge on any atom is -1.00 e. The van der Waals surface area contributed by atoms with E-state index >= 15 is 0 Å². The van der Waals surface area contributed by atoms with Gasteiger partial charge in [-0.1, -0.05) is 90.4 Å². The molecule has 5 heteroatoms. The van der Waals surface area contributed by atoms with Crippen LogP contribution >= 0.6 is 0 Å². The molecule has 0 spiro atoms. The van der Waals surface area contributed by atoms with E-state index < -0.39 is 10.1 Å². The summed E-state index contributed by atoms with van der Waals surface area (Å²) in [6.45, 7) is 2.25. The molecule has 0 radical (unpaired) electrons. The Morgan fingerprint density at radius 1 is 0.667 bits per heavy atom. The van der Waals surface area contributed by atoms with Crippen molar-refractivity contribution in [3.05, 3.63) is 0 Å². The Morgan fingerprint density at radius 3 is 1.24 bits per heavy atom. The van der Waals surface area contributed by atoms with E-state index in [0.717, 1.165) is 12.8 Å². The topological polar surface area (TPSA) is 54.4 Å². The first-order valence-corrected chi connectivity index (χ1v) is 10.1. The van der Waals surface area contributed by atoms with Crippen molar-refractivity contribution < 1.29 is 15.8 Å². The Hall–Kier alpha value is 1.17. The van der Waals surface area contributed by atoms with Crippen LogP contribution in [0.3, 0.4) is 0 Å². The van der Waals surface area contributed by atoms with Gasteiger partial charge >= 0.3 is 37.7 Å². The molecule has 1 N–H and O–H groups in total. The zero-order valence-corrected chi connectivity index (χ0v) is 17.0. The normalized spacial score (nSPS) is 11.3. The molecule has 0 rings (SSSR count). The van der Waals surface area contributed by atoms with Crippen molar-refractivity contribution in [3.8, 4) is 0 Å². The Bertz CT molecular complexity index is 302. The summed E-state index contributed by atoms with van der Waals surface area (Å²) in [4.78, 5) is 0. The summed E-state index contributed by atoms with van der Waals surface area (Å²) in [6, 6.07) is 0. The van der Waals surface area contributed by atoms with Crippen LogP contribution in [0.4, 0.5) is 0 Å². The van der Waals surface area contributed by atoms with Crippen molar-refractivity contribution in [1.29, 1.82) is 0 Å². The standard InChI is InChI=1S/C16H34O3S.Ca.2H/c1-2-3-4-5-6-7-8-9-10-11-12-13-14-15-16-20(17,18)19;;;/h2-16H2,1H3,(H,17,18,19);;;/q;+2;2*-1. The van der Waals surface area contributed by atoms with Gasteiger partial charge in [-0.15, -0.1) is 0 Å². The van der Waals surface area contributed by atoms with Gasteiger partial charge in [0, 0.05) is 0 Å². The molecule has 126 valence electrons. The average molecular weight is 349 g/mol. The second-order valence-electron chi connectivity index (χ2n) is 5.88.